The van der Waals surface area contributed by atoms with Crippen LogP contribution in [0.2, 0.25) is 5.15 Å². The van der Waals surface area contributed by atoms with Crippen molar-refractivity contribution in [2.45, 2.75) is 13.3 Å². The maximum atomic E-state index is 6.03. The first-order valence-electron chi connectivity index (χ1n) is 4.67. The van der Waals surface area contributed by atoms with Gasteiger partial charge in [-0.25, -0.2) is 4.98 Å². The molecule has 0 N–H and O–H groups in total. The van der Waals surface area contributed by atoms with E-state index in [1.54, 1.807) is 11.3 Å². The summed E-state index contributed by atoms with van der Waals surface area (Å²) in [4.78, 5) is 7.18. The average Bonchev–Trinajstić information content (AvgIpc) is 2.56. The number of aromatic nitrogens is 1. The molecule has 0 radical (unpaired) electrons. The van der Waals surface area contributed by atoms with Crippen LogP contribution in [0.5, 0.6) is 0 Å². The van der Waals surface area contributed by atoms with E-state index in [9.17, 15) is 0 Å². The van der Waals surface area contributed by atoms with Crippen molar-refractivity contribution in [3.63, 3.8) is 0 Å². The van der Waals surface area contributed by atoms with E-state index < -0.39 is 0 Å². The van der Waals surface area contributed by atoms with Gasteiger partial charge in [0.2, 0.25) is 0 Å². The van der Waals surface area contributed by atoms with Gasteiger partial charge in [-0.05, 0) is 12.5 Å². The number of hydrogen-bond acceptors (Lipinski definition) is 3. The Balaban J connectivity index is 2.99. The molecule has 0 atom stereocenters. The molecule has 0 aromatic carbocycles. The maximum Gasteiger partial charge on any atom is 0.186 e. The number of hydrogen-bond donors (Lipinski definition) is 0. The zero-order valence-corrected chi connectivity index (χ0v) is 11.4. The molecule has 0 saturated carbocycles. The Morgan fingerprint density at radius 2 is 2.20 bits per heavy atom. The number of rotatable bonds is 4. The second-order valence-corrected chi connectivity index (χ2v) is 4.97. The van der Waals surface area contributed by atoms with Gasteiger partial charge in [-0.3, -0.25) is 0 Å². The standard InChI is InChI=1S/C10H14Cl2N2S/c1-4-7(6-11)5-8-9(12)13-10(15-8)14(2)3/h5H,4,6H2,1-3H3. The largest absolute Gasteiger partial charge is 0.354 e. The molecule has 15 heavy (non-hydrogen) atoms. The van der Waals surface area contributed by atoms with E-state index in [1.807, 2.05) is 25.1 Å². The third kappa shape index (κ3) is 3.37. The summed E-state index contributed by atoms with van der Waals surface area (Å²) in [7, 11) is 3.90. The van der Waals surface area contributed by atoms with Crippen molar-refractivity contribution < 1.29 is 0 Å². The molecule has 1 aromatic heterocycles. The van der Waals surface area contributed by atoms with Crippen LogP contribution in [-0.2, 0) is 0 Å². The van der Waals surface area contributed by atoms with Crippen LogP contribution in [0.4, 0.5) is 5.13 Å². The lowest BCUT2D eigenvalue weighted by Gasteiger charge is -2.04. The van der Waals surface area contributed by atoms with Crippen LogP contribution >= 0.6 is 34.5 Å². The molecule has 0 fully saturated rings. The van der Waals surface area contributed by atoms with E-state index in [4.69, 9.17) is 23.2 Å². The van der Waals surface area contributed by atoms with Gasteiger partial charge in [-0.15, -0.1) is 11.6 Å². The van der Waals surface area contributed by atoms with Gasteiger partial charge in [0.05, 0.1) is 4.88 Å². The molecule has 84 valence electrons. The smallest absolute Gasteiger partial charge is 0.186 e. The Bertz CT molecular complexity index is 352. The molecule has 1 aromatic rings. The fraction of sp³-hybridized carbons (Fsp3) is 0.500. The van der Waals surface area contributed by atoms with Crippen LogP contribution in [0, 0.1) is 0 Å². The van der Waals surface area contributed by atoms with E-state index in [-0.39, 0.29) is 0 Å². The molecule has 0 saturated heterocycles. The third-order valence-corrected chi connectivity index (χ3v) is 3.86. The van der Waals surface area contributed by atoms with Crippen LogP contribution in [0.25, 0.3) is 6.08 Å². The van der Waals surface area contributed by atoms with E-state index >= 15 is 0 Å². The van der Waals surface area contributed by atoms with Gasteiger partial charge in [-0.2, -0.15) is 0 Å². The number of nitrogens with zero attached hydrogens (tertiary/aromatic N) is 2. The summed E-state index contributed by atoms with van der Waals surface area (Å²) >= 11 is 13.4. The SMILES string of the molecule is CCC(=Cc1sc(N(C)C)nc1Cl)CCl. The van der Waals surface area contributed by atoms with Gasteiger partial charge in [0.15, 0.2) is 5.13 Å². The van der Waals surface area contributed by atoms with Gasteiger partial charge in [0.1, 0.15) is 5.15 Å². The van der Waals surface area contributed by atoms with E-state index in [1.165, 1.54) is 5.57 Å². The molecule has 0 aliphatic heterocycles. The molecule has 0 aliphatic rings. The average molecular weight is 265 g/mol. The summed E-state index contributed by atoms with van der Waals surface area (Å²) < 4.78 is 0. The van der Waals surface area contributed by atoms with Crippen molar-refractivity contribution in [1.29, 1.82) is 0 Å². The Hall–Kier alpha value is -0.250. The zero-order valence-electron chi connectivity index (χ0n) is 9.05. The number of halogens is 2. The number of anilines is 1. The first-order chi connectivity index (χ1) is 7.08. The minimum Gasteiger partial charge on any atom is -0.354 e. The van der Waals surface area contributed by atoms with Crippen LogP contribution in [0.15, 0.2) is 5.57 Å². The van der Waals surface area contributed by atoms with Crippen molar-refractivity contribution in [2.24, 2.45) is 0 Å². The van der Waals surface area contributed by atoms with Crippen molar-refractivity contribution >= 4 is 45.7 Å². The lowest BCUT2D eigenvalue weighted by atomic mass is 10.2. The molecule has 2 nitrogen and oxygen atoms in total. The fourth-order valence-electron chi connectivity index (χ4n) is 1.00. The molecular formula is C10H14Cl2N2S. The highest BCUT2D eigenvalue weighted by Crippen LogP contribution is 2.30. The second-order valence-electron chi connectivity index (χ2n) is 3.34. The van der Waals surface area contributed by atoms with Gasteiger partial charge in [-0.1, -0.05) is 35.4 Å². The first kappa shape index (κ1) is 12.8. The van der Waals surface area contributed by atoms with Gasteiger partial charge in [0, 0.05) is 20.0 Å². The quantitative estimate of drug-likeness (QED) is 0.768. The highest BCUT2D eigenvalue weighted by molar-refractivity contribution is 7.17. The molecule has 0 aliphatic carbocycles. The molecule has 0 unspecified atom stereocenters. The third-order valence-electron chi connectivity index (χ3n) is 1.94. The minimum atomic E-state index is 0.544. The topological polar surface area (TPSA) is 16.1 Å². The summed E-state index contributed by atoms with van der Waals surface area (Å²) in [5.41, 5.74) is 1.17. The zero-order chi connectivity index (χ0) is 11.4. The summed E-state index contributed by atoms with van der Waals surface area (Å²) in [6.07, 6.45) is 2.97. The molecule has 0 spiro atoms. The summed E-state index contributed by atoms with van der Waals surface area (Å²) in [6.45, 7) is 2.08. The Kier molecular flexibility index (Phi) is 4.90. The second kappa shape index (κ2) is 5.73. The number of allylic oxidation sites excluding steroid dienone is 1. The maximum absolute atomic E-state index is 6.03. The minimum absolute atomic E-state index is 0.544. The fourth-order valence-corrected chi connectivity index (χ4v) is 2.44. The lowest BCUT2D eigenvalue weighted by molar-refractivity contribution is 1.10. The number of thiazole rings is 1. The van der Waals surface area contributed by atoms with Crippen LogP contribution in [0.1, 0.15) is 18.2 Å². The van der Waals surface area contributed by atoms with Crippen molar-refractivity contribution in [3.05, 3.63) is 15.6 Å². The molecule has 0 bridgehead atoms. The normalized spacial score (nSPS) is 11.9. The summed E-state index contributed by atoms with van der Waals surface area (Å²) in [6, 6.07) is 0. The Labute approximate surface area is 105 Å². The Morgan fingerprint density at radius 3 is 2.60 bits per heavy atom. The molecule has 1 heterocycles. The predicted molar refractivity (Wildman–Crippen MR) is 70.4 cm³/mol. The van der Waals surface area contributed by atoms with Gasteiger partial charge < -0.3 is 4.90 Å². The van der Waals surface area contributed by atoms with Crippen molar-refractivity contribution in [1.82, 2.24) is 4.98 Å². The monoisotopic (exact) mass is 264 g/mol. The number of alkyl halides is 1. The van der Waals surface area contributed by atoms with Crippen molar-refractivity contribution in [3.8, 4) is 0 Å². The predicted octanol–water partition coefficient (Wildman–Crippen LogP) is 3.89. The molecule has 5 heteroatoms. The van der Waals surface area contributed by atoms with Gasteiger partial charge >= 0.3 is 0 Å². The van der Waals surface area contributed by atoms with Crippen LogP contribution in [0.3, 0.4) is 0 Å². The Morgan fingerprint density at radius 1 is 1.53 bits per heavy atom. The van der Waals surface area contributed by atoms with E-state index in [0.717, 1.165) is 16.4 Å². The highest BCUT2D eigenvalue weighted by Gasteiger charge is 2.09. The van der Waals surface area contributed by atoms with E-state index in [2.05, 4.69) is 11.9 Å². The van der Waals surface area contributed by atoms with Gasteiger partial charge in [0.25, 0.3) is 0 Å². The lowest BCUT2D eigenvalue weighted by Crippen LogP contribution is -2.07. The van der Waals surface area contributed by atoms with E-state index in [0.29, 0.717) is 11.0 Å². The summed E-state index contributed by atoms with van der Waals surface area (Å²) in [5, 5.41) is 1.47. The molecule has 1 rings (SSSR count). The highest BCUT2D eigenvalue weighted by atomic mass is 35.5. The van der Waals surface area contributed by atoms with Crippen molar-refractivity contribution in [2.75, 3.05) is 24.9 Å². The summed E-state index contributed by atoms with van der Waals surface area (Å²) in [5.74, 6) is 0.544. The van der Waals surface area contributed by atoms with Crippen LogP contribution < -0.4 is 4.90 Å². The van der Waals surface area contributed by atoms with Crippen LogP contribution in [-0.4, -0.2) is 25.0 Å². The molecule has 0 amide bonds. The first-order valence-corrected chi connectivity index (χ1v) is 6.40. The molecular weight excluding hydrogens is 251 g/mol.